The number of Topliss-reactive ketones (excluding diaryl/α,β-unsaturated/α-hetero) is 2. The van der Waals surface area contributed by atoms with Gasteiger partial charge in [0.05, 0.1) is 23.8 Å². The van der Waals surface area contributed by atoms with Crippen molar-refractivity contribution < 1.29 is 52.0 Å². The number of methoxy groups -OCH3 is 1. The van der Waals surface area contributed by atoms with Crippen LogP contribution in [0.25, 0.3) is 0 Å². The molecule has 0 bridgehead atoms. The van der Waals surface area contributed by atoms with Crippen molar-refractivity contribution in [2.24, 2.45) is 0 Å². The van der Waals surface area contributed by atoms with Crippen molar-refractivity contribution in [3.8, 4) is 23.0 Å². The first-order valence-electron chi connectivity index (χ1n) is 14.1. The molecule has 13 heteroatoms. The maximum atomic E-state index is 13.8. The highest BCUT2D eigenvalue weighted by Crippen LogP contribution is 2.57. The maximum Gasteiger partial charge on any atom is 0.416 e. The van der Waals surface area contributed by atoms with Gasteiger partial charge in [-0.05, 0) is 52.7 Å². The zero-order chi connectivity index (χ0) is 33.4. The highest BCUT2D eigenvalue weighted by atomic mass is 19.4. The van der Waals surface area contributed by atoms with Gasteiger partial charge in [0.1, 0.15) is 39.7 Å². The van der Waals surface area contributed by atoms with Crippen molar-refractivity contribution in [1.29, 1.82) is 0 Å². The van der Waals surface area contributed by atoms with Gasteiger partial charge < -0.3 is 30.3 Å². The number of rotatable bonds is 10. The lowest BCUT2D eigenvalue weighted by Gasteiger charge is -2.29. The number of hydrogen-bond donors (Lipinski definition) is 4. The Labute approximate surface area is 256 Å². The van der Waals surface area contributed by atoms with Crippen molar-refractivity contribution in [3.05, 3.63) is 63.6 Å². The fourth-order valence-electron chi connectivity index (χ4n) is 5.49. The van der Waals surface area contributed by atoms with E-state index < -0.39 is 51.9 Å². The fraction of sp³-hybridized carbons (Fsp3) is 0.375. The number of halogens is 3. The summed E-state index contributed by atoms with van der Waals surface area (Å²) in [4.78, 5) is 51.5. The molecule has 2 aromatic rings. The molecule has 1 unspecified atom stereocenters. The zero-order valence-electron chi connectivity index (χ0n) is 25.3. The number of ketones is 3. The summed E-state index contributed by atoms with van der Waals surface area (Å²) in [5.74, 6) is -3.43. The second-order valence-corrected chi connectivity index (χ2v) is 11.1. The smallest absolute Gasteiger partial charge is 0.416 e. The van der Waals surface area contributed by atoms with Crippen LogP contribution in [0.2, 0.25) is 0 Å². The van der Waals surface area contributed by atoms with Gasteiger partial charge in [-0.1, -0.05) is 6.42 Å². The monoisotopic (exact) mass is 630 g/mol. The van der Waals surface area contributed by atoms with Crippen LogP contribution < -0.4 is 20.1 Å². The lowest BCUT2D eigenvalue weighted by atomic mass is 9.70. The van der Waals surface area contributed by atoms with Crippen molar-refractivity contribution in [2.45, 2.75) is 65.0 Å². The minimum atomic E-state index is -4.60. The highest BCUT2D eigenvalue weighted by molar-refractivity contribution is 6.31. The van der Waals surface area contributed by atoms with Gasteiger partial charge in [-0.25, -0.2) is 0 Å². The van der Waals surface area contributed by atoms with Gasteiger partial charge in [0, 0.05) is 42.1 Å². The molecule has 1 heterocycles. The van der Waals surface area contributed by atoms with Crippen LogP contribution >= 0.6 is 0 Å². The van der Waals surface area contributed by atoms with Crippen LogP contribution in [0, 0.1) is 6.92 Å². The minimum absolute atomic E-state index is 0.00102. The van der Waals surface area contributed by atoms with E-state index in [9.17, 15) is 42.6 Å². The maximum absolute atomic E-state index is 13.8. The number of amides is 1. The summed E-state index contributed by atoms with van der Waals surface area (Å²) in [5, 5.41) is 26.9. The zero-order valence-corrected chi connectivity index (χ0v) is 25.3. The third-order valence-corrected chi connectivity index (χ3v) is 7.98. The van der Waals surface area contributed by atoms with Gasteiger partial charge in [-0.15, -0.1) is 0 Å². The second-order valence-electron chi connectivity index (χ2n) is 11.1. The predicted molar refractivity (Wildman–Crippen MR) is 156 cm³/mol. The molecule has 45 heavy (non-hydrogen) atoms. The quantitative estimate of drug-likeness (QED) is 0.117. The summed E-state index contributed by atoms with van der Waals surface area (Å²) >= 11 is 0. The average Bonchev–Trinajstić information content (AvgIpc) is 3.25. The summed E-state index contributed by atoms with van der Waals surface area (Å²) in [6, 6.07) is 2.97. The number of fused-ring (bicyclic) bond motifs is 3. The van der Waals surface area contributed by atoms with E-state index in [4.69, 9.17) is 9.47 Å². The molecule has 0 radical (unpaired) electrons. The molecule has 4 N–H and O–H groups in total. The van der Waals surface area contributed by atoms with Gasteiger partial charge in [0.15, 0.2) is 17.3 Å². The minimum Gasteiger partial charge on any atom is -0.507 e. The first kappa shape index (κ1) is 33.1. The number of benzene rings is 2. The molecular formula is C32H33F3N2O8. The Kier molecular flexibility index (Phi) is 9.04. The van der Waals surface area contributed by atoms with Crippen LogP contribution in [0.1, 0.15) is 73.5 Å². The van der Waals surface area contributed by atoms with Crippen molar-refractivity contribution in [3.63, 3.8) is 0 Å². The molecule has 4 rings (SSSR count). The standard InChI is InChI=1S/C32H33F3N2O8/c1-15-27(41)25(17(3)38)29-26(28(15)42)31(4)22(45-29)14-21(39)24(30(31)43)16(2)36-10-8-6-7-9-23(40)37-19-11-18(32(33,34)35)12-20(13-19)44-5/h11-14,36,41-42H,6-10H2,1-5H3,(H,37,40)/b24-16+. The van der Waals surface area contributed by atoms with Crippen LogP contribution in [0.5, 0.6) is 23.0 Å². The van der Waals surface area contributed by atoms with E-state index in [1.807, 2.05) is 0 Å². The summed E-state index contributed by atoms with van der Waals surface area (Å²) in [6.45, 7) is 5.99. The van der Waals surface area contributed by atoms with E-state index in [1.54, 1.807) is 6.92 Å². The van der Waals surface area contributed by atoms with Gasteiger partial charge >= 0.3 is 6.18 Å². The van der Waals surface area contributed by atoms with Crippen LogP contribution in [0.15, 0.2) is 41.3 Å². The first-order chi connectivity index (χ1) is 21.0. The molecule has 0 saturated carbocycles. The van der Waals surface area contributed by atoms with Crippen molar-refractivity contribution in [2.75, 3.05) is 19.0 Å². The largest absolute Gasteiger partial charge is 0.507 e. The molecule has 10 nitrogen and oxygen atoms in total. The summed E-state index contributed by atoms with van der Waals surface area (Å²) in [7, 11) is 1.23. The van der Waals surface area contributed by atoms with E-state index in [2.05, 4.69) is 10.6 Å². The molecule has 2 aromatic carbocycles. The normalized spacial score (nSPS) is 18.4. The number of anilines is 1. The Bertz CT molecular complexity index is 1680. The summed E-state index contributed by atoms with van der Waals surface area (Å²) in [6.07, 6.45) is -1.87. The molecule has 0 saturated heterocycles. The van der Waals surface area contributed by atoms with E-state index in [0.29, 0.717) is 25.8 Å². The van der Waals surface area contributed by atoms with E-state index in [-0.39, 0.29) is 57.3 Å². The van der Waals surface area contributed by atoms with Gasteiger partial charge in [-0.2, -0.15) is 13.2 Å². The summed E-state index contributed by atoms with van der Waals surface area (Å²) in [5.41, 5.74) is -2.66. The number of aromatic hydroxyl groups is 2. The average molecular weight is 631 g/mol. The van der Waals surface area contributed by atoms with Crippen molar-refractivity contribution in [1.82, 2.24) is 5.32 Å². The van der Waals surface area contributed by atoms with Crippen LogP contribution in [0.4, 0.5) is 18.9 Å². The SMILES string of the molecule is COc1cc(NC(=O)CCCCCN/C(C)=C2\C(=O)C=C3Oc4c(C(C)=O)c(O)c(C)c(O)c4C3(C)C2=O)cc(C(F)(F)F)c1. The number of phenols is 2. The number of allylic oxidation sites excluding steroid dienone is 4. The number of carbonyl (C=O) groups is 4. The van der Waals surface area contributed by atoms with Crippen molar-refractivity contribution >= 4 is 28.9 Å². The Hall–Kier alpha value is -4.81. The molecule has 0 spiro atoms. The third-order valence-electron chi connectivity index (χ3n) is 7.98. The van der Waals surface area contributed by atoms with Gasteiger partial charge in [-0.3, -0.25) is 19.2 Å². The van der Waals surface area contributed by atoms with E-state index in [1.165, 1.54) is 33.9 Å². The molecule has 1 aliphatic heterocycles. The third kappa shape index (κ3) is 6.11. The summed E-state index contributed by atoms with van der Waals surface area (Å²) < 4.78 is 50.0. The molecule has 1 amide bonds. The lowest BCUT2D eigenvalue weighted by Crippen LogP contribution is -2.41. The highest BCUT2D eigenvalue weighted by Gasteiger charge is 2.56. The van der Waals surface area contributed by atoms with E-state index >= 15 is 0 Å². The first-order valence-corrected chi connectivity index (χ1v) is 14.1. The number of carbonyl (C=O) groups excluding carboxylic acids is 4. The second kappa shape index (κ2) is 12.3. The predicted octanol–water partition coefficient (Wildman–Crippen LogP) is 5.38. The number of alkyl halides is 3. The number of unbranched alkanes of at least 4 members (excludes halogenated alkanes) is 2. The Morgan fingerprint density at radius 2 is 1.73 bits per heavy atom. The van der Waals surface area contributed by atoms with Crippen LogP contribution in [-0.2, 0) is 26.0 Å². The van der Waals surface area contributed by atoms with Gasteiger partial charge in [0.25, 0.3) is 0 Å². The fourth-order valence-corrected chi connectivity index (χ4v) is 5.49. The molecule has 2 aliphatic rings. The lowest BCUT2D eigenvalue weighted by molar-refractivity contribution is -0.137. The number of phenolic OH excluding ortho intramolecular Hbond substituents is 2. The molecule has 0 fully saturated rings. The number of ether oxygens (including phenoxy) is 2. The Morgan fingerprint density at radius 3 is 2.36 bits per heavy atom. The molecule has 1 atom stereocenters. The van der Waals surface area contributed by atoms with Gasteiger partial charge in [0.2, 0.25) is 5.91 Å². The van der Waals surface area contributed by atoms with Crippen LogP contribution in [0.3, 0.4) is 0 Å². The topological polar surface area (TPSA) is 151 Å². The molecular weight excluding hydrogens is 597 g/mol. The number of nitrogens with one attached hydrogen (secondary N) is 2. The Morgan fingerprint density at radius 1 is 1.04 bits per heavy atom. The Balaban J connectivity index is 1.39. The van der Waals surface area contributed by atoms with Crippen LogP contribution in [-0.4, -0.2) is 47.1 Å². The molecule has 0 aromatic heterocycles. The van der Waals surface area contributed by atoms with E-state index in [0.717, 1.165) is 18.2 Å². The molecule has 240 valence electrons. The molecule has 1 aliphatic carbocycles. The number of hydrogen-bond acceptors (Lipinski definition) is 9.